The summed E-state index contributed by atoms with van der Waals surface area (Å²) in [6.07, 6.45) is 9.65. The van der Waals surface area contributed by atoms with E-state index in [0.717, 1.165) is 79.9 Å². The van der Waals surface area contributed by atoms with Crippen molar-refractivity contribution >= 4 is 17.9 Å². The molecule has 48 heavy (non-hydrogen) atoms. The summed E-state index contributed by atoms with van der Waals surface area (Å²) in [4.78, 5) is 34.8. The van der Waals surface area contributed by atoms with Gasteiger partial charge in [0.15, 0.2) is 0 Å². The molecule has 0 amide bonds. The van der Waals surface area contributed by atoms with Gasteiger partial charge in [-0.15, -0.1) is 0 Å². The fraction of sp³-hybridized carbons (Fsp3) is 0.325. The van der Waals surface area contributed by atoms with Gasteiger partial charge in [0.25, 0.3) is 0 Å². The molecule has 0 bridgehead atoms. The van der Waals surface area contributed by atoms with Crippen molar-refractivity contribution in [2.45, 2.75) is 58.3 Å². The Kier molecular flexibility index (Phi) is 16.6. The quantitative estimate of drug-likeness (QED) is 0.0399. The first-order valence-electron chi connectivity index (χ1n) is 16.3. The summed E-state index contributed by atoms with van der Waals surface area (Å²) in [7, 11) is 0. The molecule has 0 aliphatic heterocycles. The van der Waals surface area contributed by atoms with Crippen LogP contribution in [0.4, 0.5) is 0 Å². The van der Waals surface area contributed by atoms with E-state index in [-0.39, 0.29) is 5.97 Å². The molecule has 0 spiro atoms. The number of carbonyl (C=O) groups excluding carboxylic acids is 3. The molecule has 8 nitrogen and oxygen atoms in total. The minimum atomic E-state index is -0.450. The summed E-state index contributed by atoms with van der Waals surface area (Å²) in [5.74, 6) is 7.05. The number of ether oxygens (including phenoxy) is 5. The van der Waals surface area contributed by atoms with Gasteiger partial charge in [0.1, 0.15) is 17.2 Å². The van der Waals surface area contributed by atoms with Crippen LogP contribution in [-0.2, 0) is 19.1 Å². The van der Waals surface area contributed by atoms with Gasteiger partial charge >= 0.3 is 17.9 Å². The minimum Gasteiger partial charge on any atom is -0.494 e. The molecule has 3 rings (SSSR count). The Morgan fingerprint density at radius 3 is 1.56 bits per heavy atom. The van der Waals surface area contributed by atoms with Crippen molar-refractivity contribution in [2.75, 3.05) is 26.4 Å². The van der Waals surface area contributed by atoms with Gasteiger partial charge in [0.2, 0.25) is 0 Å². The molecule has 0 atom stereocenters. The molecule has 0 fully saturated rings. The molecule has 0 saturated heterocycles. The number of esters is 3. The standard InChI is InChI=1S/C40H44O8/c1-4-38(41)46-28-12-8-6-10-26-44-35-21-16-32(17-22-35)14-15-33-18-25-37(31(3)30-33)48-40(43)34-19-23-36(24-20-34)45-27-11-7-9-13-29-47-39(42)5-2/h4-5,16-25,30H,1-2,6-13,26-29H2,3H3. The summed E-state index contributed by atoms with van der Waals surface area (Å²) in [5.41, 5.74) is 2.90. The van der Waals surface area contributed by atoms with E-state index in [0.29, 0.717) is 43.5 Å². The molecule has 3 aromatic rings. The summed E-state index contributed by atoms with van der Waals surface area (Å²) in [6, 6.07) is 20.0. The highest BCUT2D eigenvalue weighted by molar-refractivity contribution is 5.91. The average Bonchev–Trinajstić information content (AvgIpc) is 3.11. The van der Waals surface area contributed by atoms with Crippen LogP contribution in [0.15, 0.2) is 92.0 Å². The second kappa shape index (κ2) is 21.5. The van der Waals surface area contributed by atoms with Gasteiger partial charge in [-0.3, -0.25) is 0 Å². The van der Waals surface area contributed by atoms with Crippen LogP contribution in [0.1, 0.15) is 78.4 Å². The number of hydrogen-bond donors (Lipinski definition) is 0. The molecule has 0 unspecified atom stereocenters. The number of unbranched alkanes of at least 4 members (excludes halogenated alkanes) is 6. The molecule has 252 valence electrons. The van der Waals surface area contributed by atoms with Gasteiger partial charge in [-0.2, -0.15) is 0 Å². The lowest BCUT2D eigenvalue weighted by atomic mass is 10.1. The van der Waals surface area contributed by atoms with Gasteiger partial charge < -0.3 is 23.7 Å². The number of aryl methyl sites for hydroxylation is 1. The zero-order valence-electron chi connectivity index (χ0n) is 27.7. The van der Waals surface area contributed by atoms with Gasteiger partial charge in [0.05, 0.1) is 32.0 Å². The molecule has 0 aromatic heterocycles. The van der Waals surface area contributed by atoms with Crippen molar-refractivity contribution in [3.05, 3.63) is 114 Å². The van der Waals surface area contributed by atoms with Crippen LogP contribution >= 0.6 is 0 Å². The van der Waals surface area contributed by atoms with Crippen molar-refractivity contribution in [3.63, 3.8) is 0 Å². The van der Waals surface area contributed by atoms with Crippen molar-refractivity contribution in [3.8, 4) is 29.1 Å². The maximum Gasteiger partial charge on any atom is 0.343 e. The highest BCUT2D eigenvalue weighted by atomic mass is 16.5. The molecule has 0 radical (unpaired) electrons. The normalized spacial score (nSPS) is 10.2. The van der Waals surface area contributed by atoms with E-state index in [1.807, 2.05) is 43.3 Å². The minimum absolute atomic E-state index is 0.382. The fourth-order valence-electron chi connectivity index (χ4n) is 4.43. The van der Waals surface area contributed by atoms with Crippen molar-refractivity contribution in [1.29, 1.82) is 0 Å². The maximum atomic E-state index is 12.8. The van der Waals surface area contributed by atoms with Crippen molar-refractivity contribution < 1.29 is 38.1 Å². The first kappa shape index (κ1) is 37.2. The predicted octanol–water partition coefficient (Wildman–Crippen LogP) is 7.95. The molecular formula is C40H44O8. The predicted molar refractivity (Wildman–Crippen MR) is 185 cm³/mol. The third kappa shape index (κ3) is 14.4. The first-order valence-corrected chi connectivity index (χ1v) is 16.3. The SMILES string of the molecule is C=CC(=O)OCCCCCCOc1ccc(C#Cc2ccc(OC(=O)c3ccc(OCCCCCCOC(=O)C=C)cc3)c(C)c2)cc1. The van der Waals surface area contributed by atoms with Gasteiger partial charge in [0, 0.05) is 23.3 Å². The van der Waals surface area contributed by atoms with Crippen molar-refractivity contribution in [2.24, 2.45) is 0 Å². The molecule has 0 aliphatic carbocycles. The Morgan fingerprint density at radius 1 is 0.604 bits per heavy atom. The van der Waals surface area contributed by atoms with E-state index < -0.39 is 11.9 Å². The molecule has 8 heteroatoms. The Labute approximate surface area is 283 Å². The van der Waals surface area contributed by atoms with Crippen molar-refractivity contribution in [1.82, 2.24) is 0 Å². The highest BCUT2D eigenvalue weighted by Gasteiger charge is 2.11. The molecule has 0 aliphatic rings. The summed E-state index contributed by atoms with van der Waals surface area (Å²) >= 11 is 0. The van der Waals surface area contributed by atoms with Crippen LogP contribution in [0.5, 0.6) is 17.2 Å². The second-order valence-corrected chi connectivity index (χ2v) is 10.9. The largest absolute Gasteiger partial charge is 0.494 e. The van der Waals surface area contributed by atoms with E-state index >= 15 is 0 Å². The first-order chi connectivity index (χ1) is 23.4. The van der Waals surface area contributed by atoms with Crippen LogP contribution < -0.4 is 14.2 Å². The molecule has 3 aromatic carbocycles. The Bertz CT molecular complexity index is 1540. The Morgan fingerprint density at radius 2 is 1.06 bits per heavy atom. The second-order valence-electron chi connectivity index (χ2n) is 10.9. The molecule has 0 heterocycles. The van der Waals surface area contributed by atoms with E-state index in [9.17, 15) is 14.4 Å². The summed E-state index contributed by atoms with van der Waals surface area (Å²) in [5, 5.41) is 0. The van der Waals surface area contributed by atoms with Gasteiger partial charge in [-0.1, -0.05) is 25.0 Å². The Balaban J connectivity index is 1.36. The smallest absolute Gasteiger partial charge is 0.343 e. The zero-order valence-corrected chi connectivity index (χ0v) is 27.7. The van der Waals surface area contributed by atoms with Crippen LogP contribution in [0.2, 0.25) is 0 Å². The maximum absolute atomic E-state index is 12.8. The zero-order chi connectivity index (χ0) is 34.4. The van der Waals surface area contributed by atoms with Gasteiger partial charge in [-0.05, 0) is 131 Å². The molecular weight excluding hydrogens is 608 g/mol. The van der Waals surface area contributed by atoms with E-state index in [1.54, 1.807) is 30.3 Å². The van der Waals surface area contributed by atoms with E-state index in [2.05, 4.69) is 25.0 Å². The molecule has 0 N–H and O–H groups in total. The summed E-state index contributed by atoms with van der Waals surface area (Å²) < 4.78 is 27.2. The highest BCUT2D eigenvalue weighted by Crippen LogP contribution is 2.22. The van der Waals surface area contributed by atoms with Crippen LogP contribution in [0, 0.1) is 18.8 Å². The fourth-order valence-corrected chi connectivity index (χ4v) is 4.43. The monoisotopic (exact) mass is 652 g/mol. The number of hydrogen-bond acceptors (Lipinski definition) is 8. The third-order valence-corrected chi connectivity index (χ3v) is 7.11. The van der Waals surface area contributed by atoms with Crippen LogP contribution in [-0.4, -0.2) is 44.3 Å². The van der Waals surface area contributed by atoms with E-state index in [1.165, 1.54) is 6.08 Å². The number of carbonyl (C=O) groups is 3. The molecule has 0 saturated carbocycles. The lowest BCUT2D eigenvalue weighted by molar-refractivity contribution is -0.138. The Hall–Kier alpha value is -5.29. The van der Waals surface area contributed by atoms with Crippen LogP contribution in [0.25, 0.3) is 0 Å². The lowest BCUT2D eigenvalue weighted by Crippen LogP contribution is -2.09. The van der Waals surface area contributed by atoms with E-state index in [4.69, 9.17) is 23.7 Å². The topological polar surface area (TPSA) is 97.4 Å². The van der Waals surface area contributed by atoms with Gasteiger partial charge in [-0.25, -0.2) is 14.4 Å². The number of benzene rings is 3. The number of rotatable bonds is 20. The van der Waals surface area contributed by atoms with Crippen LogP contribution in [0.3, 0.4) is 0 Å². The summed E-state index contributed by atoms with van der Waals surface area (Å²) in [6.45, 7) is 10.6. The average molecular weight is 653 g/mol. The third-order valence-electron chi connectivity index (χ3n) is 7.11. The lowest BCUT2D eigenvalue weighted by Gasteiger charge is -2.09.